The maximum Gasteiger partial charge on any atom is 0.306 e. The lowest BCUT2D eigenvalue weighted by atomic mass is 10.2. The fourth-order valence-electron chi connectivity index (χ4n) is 1.69. The van der Waals surface area contributed by atoms with Crippen LogP contribution in [0.25, 0.3) is 0 Å². The summed E-state index contributed by atoms with van der Waals surface area (Å²) in [4.78, 5) is 9.39. The van der Waals surface area contributed by atoms with Crippen LogP contribution in [-0.2, 0) is 10.0 Å². The first kappa shape index (κ1) is 13.8. The summed E-state index contributed by atoms with van der Waals surface area (Å²) in [5, 5.41) is 13.5. The Hall–Kier alpha value is -1.58. The monoisotopic (exact) mass is 289 g/mol. The smallest absolute Gasteiger partial charge is 0.306 e. The molecular formula is C10H12FN3O4S. The van der Waals surface area contributed by atoms with Gasteiger partial charge >= 0.3 is 5.69 Å². The Labute approximate surface area is 109 Å². The number of sulfonamides is 1. The molecule has 1 aliphatic rings. The second-order valence-electron chi connectivity index (χ2n) is 4.20. The standard InChI is InChI=1S/C10H12FN3O4S/c1-13(7-5-12-6-7)19(17,18)8-2-3-9(11)10(4-8)14(15)16/h2-4,7,12H,5-6H2,1H3. The van der Waals surface area contributed by atoms with Crippen molar-refractivity contribution < 1.29 is 17.7 Å². The minimum Gasteiger partial charge on any atom is -0.313 e. The van der Waals surface area contributed by atoms with Gasteiger partial charge in [-0.15, -0.1) is 0 Å². The Kier molecular flexibility index (Phi) is 3.52. The Balaban J connectivity index is 2.40. The summed E-state index contributed by atoms with van der Waals surface area (Å²) in [6.07, 6.45) is 0. The molecule has 0 unspecified atom stereocenters. The van der Waals surface area contributed by atoms with E-state index in [1.165, 1.54) is 7.05 Å². The van der Waals surface area contributed by atoms with Gasteiger partial charge in [0.2, 0.25) is 15.8 Å². The molecule has 0 bridgehead atoms. The average molecular weight is 289 g/mol. The largest absolute Gasteiger partial charge is 0.313 e. The van der Waals surface area contributed by atoms with Gasteiger partial charge in [0.15, 0.2) is 0 Å². The highest BCUT2D eigenvalue weighted by molar-refractivity contribution is 7.89. The molecule has 0 radical (unpaired) electrons. The Morgan fingerprint density at radius 3 is 2.58 bits per heavy atom. The van der Waals surface area contributed by atoms with Crippen LogP contribution in [0.3, 0.4) is 0 Å². The molecule has 0 saturated carbocycles. The van der Waals surface area contributed by atoms with E-state index in [2.05, 4.69) is 5.32 Å². The van der Waals surface area contributed by atoms with Crippen molar-refractivity contribution in [3.05, 3.63) is 34.1 Å². The van der Waals surface area contributed by atoms with Gasteiger partial charge in [0.25, 0.3) is 0 Å². The van der Waals surface area contributed by atoms with Gasteiger partial charge in [-0.1, -0.05) is 0 Å². The predicted molar refractivity (Wildman–Crippen MR) is 64.7 cm³/mol. The van der Waals surface area contributed by atoms with Crippen LogP contribution in [0.5, 0.6) is 0 Å². The molecule has 0 amide bonds. The third-order valence-electron chi connectivity index (χ3n) is 3.07. The highest BCUT2D eigenvalue weighted by Gasteiger charge is 2.32. The van der Waals surface area contributed by atoms with Crippen LogP contribution in [0.4, 0.5) is 10.1 Å². The fourth-order valence-corrected chi connectivity index (χ4v) is 3.06. The topological polar surface area (TPSA) is 92.6 Å². The lowest BCUT2D eigenvalue weighted by Gasteiger charge is -2.34. The first-order valence-corrected chi connectivity index (χ1v) is 6.90. The van der Waals surface area contributed by atoms with E-state index in [0.717, 1.165) is 22.5 Å². The summed E-state index contributed by atoms with van der Waals surface area (Å²) >= 11 is 0. The number of halogens is 1. The molecule has 0 aromatic heterocycles. The van der Waals surface area contributed by atoms with Crippen LogP contribution in [0.2, 0.25) is 0 Å². The summed E-state index contributed by atoms with van der Waals surface area (Å²) in [5.74, 6) is -1.06. The maximum absolute atomic E-state index is 13.2. The second kappa shape index (κ2) is 4.83. The minimum atomic E-state index is -3.85. The summed E-state index contributed by atoms with van der Waals surface area (Å²) in [6.45, 7) is 1.05. The van der Waals surface area contributed by atoms with Crippen LogP contribution in [-0.4, -0.2) is 43.8 Å². The molecule has 1 aliphatic heterocycles. The first-order valence-electron chi connectivity index (χ1n) is 5.46. The molecule has 1 aromatic carbocycles. The van der Waals surface area contributed by atoms with E-state index in [1.54, 1.807) is 0 Å². The summed E-state index contributed by atoms with van der Waals surface area (Å²) in [6, 6.07) is 2.37. The highest BCUT2D eigenvalue weighted by atomic mass is 32.2. The molecule has 104 valence electrons. The number of nitro groups is 1. The SMILES string of the molecule is CN(C1CNC1)S(=O)(=O)c1ccc(F)c([N+](=O)[O-])c1. The van der Waals surface area contributed by atoms with Crippen molar-refractivity contribution in [2.45, 2.75) is 10.9 Å². The Morgan fingerprint density at radius 1 is 1.47 bits per heavy atom. The number of nitrogens with zero attached hydrogens (tertiary/aromatic N) is 2. The number of nitrogens with one attached hydrogen (secondary N) is 1. The van der Waals surface area contributed by atoms with Gasteiger partial charge in [0.1, 0.15) is 0 Å². The molecule has 1 heterocycles. The van der Waals surface area contributed by atoms with Crippen molar-refractivity contribution in [1.29, 1.82) is 0 Å². The third kappa shape index (κ3) is 2.44. The summed E-state index contributed by atoms with van der Waals surface area (Å²) in [7, 11) is -2.45. The second-order valence-corrected chi connectivity index (χ2v) is 6.20. The molecule has 0 spiro atoms. The van der Waals surface area contributed by atoms with Gasteiger partial charge in [-0.3, -0.25) is 10.1 Å². The molecule has 2 rings (SSSR count). The number of hydrogen-bond acceptors (Lipinski definition) is 5. The quantitative estimate of drug-likeness (QED) is 0.637. The Bertz CT molecular complexity index is 615. The molecule has 1 saturated heterocycles. The van der Waals surface area contributed by atoms with Gasteiger partial charge in [-0.25, -0.2) is 8.42 Å². The predicted octanol–water partition coefficient (Wildman–Crippen LogP) is 0.326. The molecule has 19 heavy (non-hydrogen) atoms. The number of hydrogen-bond donors (Lipinski definition) is 1. The summed E-state index contributed by atoms with van der Waals surface area (Å²) < 4.78 is 38.7. The molecule has 1 fully saturated rings. The van der Waals surface area contributed by atoms with Crippen LogP contribution in [0.15, 0.2) is 23.1 Å². The van der Waals surface area contributed by atoms with Crippen LogP contribution < -0.4 is 5.32 Å². The zero-order chi connectivity index (χ0) is 14.2. The van der Waals surface area contributed by atoms with E-state index >= 15 is 0 Å². The number of likely N-dealkylation sites (N-methyl/N-ethyl adjacent to an activating group) is 1. The number of rotatable bonds is 4. The van der Waals surface area contributed by atoms with E-state index in [0.29, 0.717) is 13.1 Å². The molecular weight excluding hydrogens is 277 g/mol. The first-order chi connectivity index (χ1) is 8.84. The van der Waals surface area contributed by atoms with E-state index in [-0.39, 0.29) is 10.9 Å². The van der Waals surface area contributed by atoms with E-state index in [1.807, 2.05) is 0 Å². The normalized spacial score (nSPS) is 16.4. The number of nitro benzene ring substituents is 1. The van der Waals surface area contributed by atoms with Crippen LogP contribution >= 0.6 is 0 Å². The van der Waals surface area contributed by atoms with Crippen molar-refractivity contribution in [2.24, 2.45) is 0 Å². The van der Waals surface area contributed by atoms with Crippen molar-refractivity contribution in [3.63, 3.8) is 0 Å². The highest BCUT2D eigenvalue weighted by Crippen LogP contribution is 2.24. The molecule has 1 N–H and O–H groups in total. The van der Waals surface area contributed by atoms with Crippen molar-refractivity contribution in [2.75, 3.05) is 20.1 Å². The molecule has 1 aromatic rings. The minimum absolute atomic E-state index is 0.186. The molecule has 7 nitrogen and oxygen atoms in total. The van der Waals surface area contributed by atoms with Gasteiger partial charge < -0.3 is 5.32 Å². The van der Waals surface area contributed by atoms with Crippen LogP contribution in [0.1, 0.15) is 0 Å². The van der Waals surface area contributed by atoms with Gasteiger partial charge in [0.05, 0.1) is 9.82 Å². The van der Waals surface area contributed by atoms with Crippen LogP contribution in [0, 0.1) is 15.9 Å². The zero-order valence-electron chi connectivity index (χ0n) is 10.0. The van der Waals surface area contributed by atoms with Crippen molar-refractivity contribution >= 4 is 15.7 Å². The molecule has 0 atom stereocenters. The van der Waals surface area contributed by atoms with E-state index in [4.69, 9.17) is 0 Å². The van der Waals surface area contributed by atoms with E-state index in [9.17, 15) is 22.9 Å². The van der Waals surface area contributed by atoms with Gasteiger partial charge in [0, 0.05) is 32.2 Å². The molecule has 9 heteroatoms. The fraction of sp³-hybridized carbons (Fsp3) is 0.400. The lowest BCUT2D eigenvalue weighted by Crippen LogP contribution is -2.57. The summed E-state index contributed by atoms with van der Waals surface area (Å²) in [5.41, 5.74) is -0.846. The maximum atomic E-state index is 13.2. The zero-order valence-corrected chi connectivity index (χ0v) is 10.9. The lowest BCUT2D eigenvalue weighted by molar-refractivity contribution is -0.387. The average Bonchev–Trinajstić information content (AvgIpc) is 2.26. The van der Waals surface area contributed by atoms with Gasteiger partial charge in [-0.05, 0) is 12.1 Å². The van der Waals surface area contributed by atoms with Gasteiger partial charge in [-0.2, -0.15) is 8.70 Å². The third-order valence-corrected chi connectivity index (χ3v) is 4.97. The molecule has 0 aliphatic carbocycles. The van der Waals surface area contributed by atoms with Crippen molar-refractivity contribution in [3.8, 4) is 0 Å². The van der Waals surface area contributed by atoms with E-state index < -0.39 is 26.5 Å². The Morgan fingerprint density at radius 2 is 2.11 bits per heavy atom. The van der Waals surface area contributed by atoms with Crippen molar-refractivity contribution in [1.82, 2.24) is 9.62 Å². The number of benzene rings is 1.